The van der Waals surface area contributed by atoms with Gasteiger partial charge in [-0.15, -0.1) is 0 Å². The minimum absolute atomic E-state index is 0.171. The van der Waals surface area contributed by atoms with Gasteiger partial charge in [0.2, 0.25) is 0 Å². The van der Waals surface area contributed by atoms with Gasteiger partial charge < -0.3 is 10.2 Å². The zero-order valence-corrected chi connectivity index (χ0v) is 17.4. The summed E-state index contributed by atoms with van der Waals surface area (Å²) in [5.74, 6) is 2.61. The molecule has 0 amide bonds. The predicted molar refractivity (Wildman–Crippen MR) is 115 cm³/mol. The van der Waals surface area contributed by atoms with Gasteiger partial charge in [-0.2, -0.15) is 0 Å². The van der Waals surface area contributed by atoms with Crippen LogP contribution in [0.5, 0.6) is 0 Å². The first kappa shape index (κ1) is 20.6. The highest BCUT2D eigenvalue weighted by Gasteiger charge is 2.29. The zero-order valence-electron chi connectivity index (χ0n) is 17.4. The van der Waals surface area contributed by atoms with Crippen LogP contribution in [0, 0.1) is 17.7 Å². The van der Waals surface area contributed by atoms with E-state index >= 15 is 0 Å². The first-order chi connectivity index (χ1) is 14.2. The van der Waals surface area contributed by atoms with Crippen molar-refractivity contribution in [3.05, 3.63) is 59.8 Å². The van der Waals surface area contributed by atoms with Crippen LogP contribution in [0.4, 0.5) is 4.39 Å². The van der Waals surface area contributed by atoms with Crippen molar-refractivity contribution in [2.75, 3.05) is 0 Å². The summed E-state index contributed by atoms with van der Waals surface area (Å²) in [6.45, 7) is 1.66. The quantitative estimate of drug-likeness (QED) is 0.632. The molecule has 2 aromatic rings. The highest BCUT2D eigenvalue weighted by molar-refractivity contribution is 5.16. The summed E-state index contributed by atoms with van der Waals surface area (Å²) < 4.78 is 18.9. The van der Waals surface area contributed by atoms with Crippen molar-refractivity contribution in [1.29, 1.82) is 0 Å². The summed E-state index contributed by atoms with van der Waals surface area (Å²) >= 11 is 0. The Hall–Kier alpha value is -1.65. The summed E-state index contributed by atoms with van der Waals surface area (Å²) in [4.78, 5) is 2.53. The van der Waals surface area contributed by atoms with Crippen molar-refractivity contribution in [3.8, 4) is 0 Å². The molecule has 3 nitrogen and oxygen atoms in total. The van der Waals surface area contributed by atoms with Gasteiger partial charge in [-0.1, -0.05) is 12.1 Å². The van der Waals surface area contributed by atoms with Crippen molar-refractivity contribution >= 4 is 0 Å². The first-order valence-corrected chi connectivity index (χ1v) is 11.4. The fourth-order valence-electron chi connectivity index (χ4n) is 5.38. The van der Waals surface area contributed by atoms with E-state index in [0.717, 1.165) is 30.7 Å². The van der Waals surface area contributed by atoms with Crippen molar-refractivity contribution in [3.63, 3.8) is 0 Å². The molecule has 1 aromatic heterocycles. The molecule has 2 saturated carbocycles. The van der Waals surface area contributed by atoms with E-state index in [9.17, 15) is 4.39 Å². The molecule has 0 radical (unpaired) electrons. The van der Waals surface area contributed by atoms with Crippen molar-refractivity contribution in [1.82, 2.24) is 4.90 Å². The molecule has 0 spiro atoms. The molecule has 1 aromatic carbocycles. The number of halogens is 1. The van der Waals surface area contributed by atoms with Crippen LogP contribution in [0.1, 0.15) is 69.1 Å². The molecule has 4 heteroatoms. The van der Waals surface area contributed by atoms with Crippen LogP contribution in [0.15, 0.2) is 47.1 Å². The average Bonchev–Trinajstić information content (AvgIpc) is 3.25. The molecule has 0 aliphatic heterocycles. The minimum Gasteiger partial charge on any atom is -0.468 e. The Morgan fingerprint density at radius 3 is 2.14 bits per heavy atom. The lowest BCUT2D eigenvalue weighted by molar-refractivity contribution is 0.104. The molecule has 1 heterocycles. The summed E-state index contributed by atoms with van der Waals surface area (Å²) in [6, 6.07) is 12.0. The summed E-state index contributed by atoms with van der Waals surface area (Å²) in [6.07, 6.45) is 13.4. The molecule has 0 bridgehead atoms. The molecule has 0 atom stereocenters. The number of furan rings is 1. The van der Waals surface area contributed by atoms with Gasteiger partial charge in [-0.05, 0) is 99.5 Å². The third-order valence-corrected chi connectivity index (χ3v) is 7.13. The lowest BCUT2D eigenvalue weighted by atomic mass is 9.75. The molecule has 29 heavy (non-hydrogen) atoms. The fraction of sp³-hybridized carbons (Fsp3) is 0.600. The Morgan fingerprint density at radius 2 is 1.52 bits per heavy atom. The summed E-state index contributed by atoms with van der Waals surface area (Å²) in [5, 5.41) is 0. The van der Waals surface area contributed by atoms with E-state index in [2.05, 4.69) is 11.0 Å². The van der Waals surface area contributed by atoms with Gasteiger partial charge in [-0.25, -0.2) is 4.39 Å². The molecule has 2 aliphatic rings. The number of rotatable bonds is 7. The van der Waals surface area contributed by atoms with E-state index in [1.807, 2.05) is 18.2 Å². The SMILES string of the molecule is NC1CCC(CC2CCC(N(Cc3ccc(F)cc3)Cc3ccco3)CC2)CC1. The predicted octanol–water partition coefficient (Wildman–Crippen LogP) is 5.89. The fourth-order valence-corrected chi connectivity index (χ4v) is 5.38. The third-order valence-electron chi connectivity index (χ3n) is 7.13. The Kier molecular flexibility index (Phi) is 7.04. The van der Waals surface area contributed by atoms with Gasteiger partial charge in [0.15, 0.2) is 0 Å². The van der Waals surface area contributed by atoms with Crippen LogP contribution in [0.3, 0.4) is 0 Å². The smallest absolute Gasteiger partial charge is 0.123 e. The largest absolute Gasteiger partial charge is 0.468 e. The van der Waals surface area contributed by atoms with Gasteiger partial charge in [0.25, 0.3) is 0 Å². The number of benzene rings is 1. The van der Waals surface area contributed by atoms with Crippen LogP contribution >= 0.6 is 0 Å². The van der Waals surface area contributed by atoms with Crippen molar-refractivity contribution < 1.29 is 8.81 Å². The lowest BCUT2D eigenvalue weighted by Gasteiger charge is -2.38. The van der Waals surface area contributed by atoms with E-state index in [1.165, 1.54) is 63.4 Å². The van der Waals surface area contributed by atoms with Gasteiger partial charge >= 0.3 is 0 Å². The molecule has 2 aliphatic carbocycles. The van der Waals surface area contributed by atoms with Crippen LogP contribution in [-0.4, -0.2) is 17.0 Å². The Morgan fingerprint density at radius 1 is 0.862 bits per heavy atom. The van der Waals surface area contributed by atoms with E-state index < -0.39 is 0 Å². The molecule has 158 valence electrons. The van der Waals surface area contributed by atoms with Gasteiger partial charge in [-0.3, -0.25) is 4.90 Å². The Bertz CT molecular complexity index is 714. The number of nitrogens with two attached hydrogens (primary N) is 1. The second kappa shape index (κ2) is 9.90. The normalized spacial score (nSPS) is 28.0. The van der Waals surface area contributed by atoms with Crippen LogP contribution in [-0.2, 0) is 13.1 Å². The van der Waals surface area contributed by atoms with Gasteiger partial charge in [0, 0.05) is 18.6 Å². The van der Waals surface area contributed by atoms with Crippen LogP contribution < -0.4 is 5.73 Å². The highest BCUT2D eigenvalue weighted by atomic mass is 19.1. The lowest BCUT2D eigenvalue weighted by Crippen LogP contribution is -2.37. The van der Waals surface area contributed by atoms with Crippen molar-refractivity contribution in [2.24, 2.45) is 17.6 Å². The Balaban J connectivity index is 1.33. The summed E-state index contributed by atoms with van der Waals surface area (Å²) in [7, 11) is 0. The van der Waals surface area contributed by atoms with Crippen LogP contribution in [0.25, 0.3) is 0 Å². The van der Waals surface area contributed by atoms with Crippen molar-refractivity contribution in [2.45, 2.75) is 83.0 Å². The number of hydrogen-bond donors (Lipinski definition) is 1. The topological polar surface area (TPSA) is 42.4 Å². The maximum Gasteiger partial charge on any atom is 0.123 e. The van der Waals surface area contributed by atoms with E-state index in [4.69, 9.17) is 10.2 Å². The molecule has 4 rings (SSSR count). The molecule has 0 saturated heterocycles. The monoisotopic (exact) mass is 398 g/mol. The zero-order chi connectivity index (χ0) is 20.1. The first-order valence-electron chi connectivity index (χ1n) is 11.4. The number of hydrogen-bond acceptors (Lipinski definition) is 3. The molecule has 2 fully saturated rings. The second-order valence-electron chi connectivity index (χ2n) is 9.30. The Labute approximate surface area is 174 Å². The molecular weight excluding hydrogens is 363 g/mol. The highest BCUT2D eigenvalue weighted by Crippen LogP contribution is 2.37. The minimum atomic E-state index is -0.171. The van der Waals surface area contributed by atoms with E-state index in [1.54, 1.807) is 18.4 Å². The van der Waals surface area contributed by atoms with Gasteiger partial charge in [0.1, 0.15) is 11.6 Å². The van der Waals surface area contributed by atoms with Crippen LogP contribution in [0.2, 0.25) is 0 Å². The maximum absolute atomic E-state index is 13.3. The second-order valence-corrected chi connectivity index (χ2v) is 9.30. The molecule has 2 N–H and O–H groups in total. The standard InChI is InChI=1S/C25H35FN2O/c26-22-9-3-21(4-10-22)17-28(18-25-2-1-15-29-25)24-13-7-20(8-14-24)16-19-5-11-23(27)12-6-19/h1-4,9-10,15,19-20,23-24H,5-8,11-14,16-18,27H2. The van der Waals surface area contributed by atoms with E-state index in [-0.39, 0.29) is 5.82 Å². The van der Waals surface area contributed by atoms with Gasteiger partial charge in [0.05, 0.1) is 12.8 Å². The molecular formula is C25H35FN2O. The third kappa shape index (κ3) is 5.93. The van der Waals surface area contributed by atoms with E-state index in [0.29, 0.717) is 12.1 Å². The number of nitrogens with zero attached hydrogens (tertiary/aromatic N) is 1. The molecule has 0 unspecified atom stereocenters. The average molecular weight is 399 g/mol. The maximum atomic E-state index is 13.3. The summed E-state index contributed by atoms with van der Waals surface area (Å²) in [5.41, 5.74) is 7.24.